The van der Waals surface area contributed by atoms with Crippen molar-refractivity contribution in [1.29, 1.82) is 0 Å². The van der Waals surface area contributed by atoms with Gasteiger partial charge in [-0.05, 0) is 24.3 Å². The number of aromatic nitrogens is 1. The van der Waals surface area contributed by atoms with E-state index in [-0.39, 0.29) is 23.0 Å². The van der Waals surface area contributed by atoms with E-state index in [1.165, 1.54) is 12.1 Å². The molecule has 0 fully saturated rings. The molecule has 0 aliphatic rings. The summed E-state index contributed by atoms with van der Waals surface area (Å²) in [4.78, 5) is 16.6. The highest BCUT2D eigenvalue weighted by atomic mass is 32.2. The molecule has 0 unspecified atom stereocenters. The molecule has 0 saturated carbocycles. The van der Waals surface area contributed by atoms with Gasteiger partial charge in [0.1, 0.15) is 0 Å². The first-order chi connectivity index (χ1) is 11.6. The second-order valence-corrected chi connectivity index (χ2v) is 7.42. The first kappa shape index (κ1) is 16.1. The largest absolute Gasteiger partial charge is 0.324 e. The van der Waals surface area contributed by atoms with Crippen molar-refractivity contribution in [2.24, 2.45) is 0 Å². The predicted octanol–water partition coefficient (Wildman–Crippen LogP) is 3.04. The third-order valence-corrected chi connectivity index (χ3v) is 5.34. The van der Waals surface area contributed by atoms with Crippen molar-refractivity contribution in [3.05, 3.63) is 66.9 Å². The van der Waals surface area contributed by atoms with Gasteiger partial charge in [0.25, 0.3) is 0 Å². The Labute approximate surface area is 140 Å². The summed E-state index contributed by atoms with van der Waals surface area (Å²) in [5.74, 6) is -0.589. The lowest BCUT2D eigenvalue weighted by molar-refractivity contribution is -0.115. The molecule has 0 spiro atoms. The summed E-state index contributed by atoms with van der Waals surface area (Å²) in [6, 6.07) is 17.3. The van der Waals surface area contributed by atoms with E-state index in [0.717, 1.165) is 5.39 Å². The van der Waals surface area contributed by atoms with Crippen LogP contribution < -0.4 is 5.32 Å². The van der Waals surface area contributed by atoms with Crippen LogP contribution in [0.1, 0.15) is 6.42 Å². The fourth-order valence-corrected chi connectivity index (χ4v) is 3.65. The van der Waals surface area contributed by atoms with Crippen LogP contribution in [0.25, 0.3) is 10.9 Å². The number of para-hydroxylation sites is 1. The number of carbonyl (C=O) groups is 1. The highest BCUT2D eigenvalue weighted by molar-refractivity contribution is 7.91. The van der Waals surface area contributed by atoms with Crippen molar-refractivity contribution in [2.45, 2.75) is 11.3 Å². The maximum absolute atomic E-state index is 12.2. The quantitative estimate of drug-likeness (QED) is 0.774. The number of pyridine rings is 1. The van der Waals surface area contributed by atoms with Crippen LogP contribution in [-0.2, 0) is 14.6 Å². The molecule has 0 atom stereocenters. The minimum atomic E-state index is -3.47. The molecule has 0 bridgehead atoms. The number of carbonyl (C=O) groups excluding carboxylic acids is 1. The van der Waals surface area contributed by atoms with Gasteiger partial charge in [0.2, 0.25) is 5.91 Å². The van der Waals surface area contributed by atoms with Crippen LogP contribution in [0.5, 0.6) is 0 Å². The number of fused-ring (bicyclic) bond motifs is 1. The lowest BCUT2D eigenvalue weighted by Gasteiger charge is -2.08. The highest BCUT2D eigenvalue weighted by Crippen LogP contribution is 2.21. The van der Waals surface area contributed by atoms with Gasteiger partial charge >= 0.3 is 0 Å². The third kappa shape index (κ3) is 3.60. The monoisotopic (exact) mass is 340 g/mol. The summed E-state index contributed by atoms with van der Waals surface area (Å²) in [6.45, 7) is 0. The van der Waals surface area contributed by atoms with Crippen molar-refractivity contribution in [3.8, 4) is 0 Å². The Bertz CT molecular complexity index is 964. The van der Waals surface area contributed by atoms with Gasteiger partial charge in [-0.2, -0.15) is 0 Å². The van der Waals surface area contributed by atoms with E-state index in [2.05, 4.69) is 10.3 Å². The van der Waals surface area contributed by atoms with E-state index >= 15 is 0 Å². The molecule has 122 valence electrons. The number of hydrogen-bond acceptors (Lipinski definition) is 4. The fourth-order valence-electron chi connectivity index (χ4n) is 2.39. The third-order valence-electron chi connectivity index (χ3n) is 3.61. The predicted molar refractivity (Wildman–Crippen MR) is 93.5 cm³/mol. The molecule has 1 N–H and O–H groups in total. The molecular formula is C18H16N2O3S. The minimum absolute atomic E-state index is 0.111. The molecule has 2 aromatic carbocycles. The molecule has 1 aromatic heterocycles. The van der Waals surface area contributed by atoms with Crippen molar-refractivity contribution < 1.29 is 13.2 Å². The van der Waals surface area contributed by atoms with E-state index in [0.29, 0.717) is 11.2 Å². The fraction of sp³-hybridized carbons (Fsp3) is 0.111. The number of sulfone groups is 1. The number of nitrogens with zero attached hydrogens (tertiary/aromatic N) is 1. The second kappa shape index (κ2) is 6.80. The van der Waals surface area contributed by atoms with Crippen molar-refractivity contribution in [3.63, 3.8) is 0 Å². The standard InChI is InChI=1S/C18H16N2O3S/c21-17(11-13-24(22,23)15-8-2-1-3-9-15)20-16-10-4-6-14-7-5-12-19-18(14)16/h1-10,12H,11,13H2,(H,20,21). The molecular weight excluding hydrogens is 324 g/mol. The summed E-state index contributed by atoms with van der Waals surface area (Å²) >= 11 is 0. The van der Waals surface area contributed by atoms with Crippen molar-refractivity contribution in [1.82, 2.24) is 4.98 Å². The summed E-state index contributed by atoms with van der Waals surface area (Å²) in [7, 11) is -3.47. The Morgan fingerprint density at radius 2 is 1.71 bits per heavy atom. The van der Waals surface area contributed by atoms with Crippen LogP contribution in [0.4, 0.5) is 5.69 Å². The number of hydrogen-bond donors (Lipinski definition) is 1. The summed E-state index contributed by atoms with van der Waals surface area (Å²) in [5, 5.41) is 3.65. The minimum Gasteiger partial charge on any atom is -0.324 e. The molecule has 1 amide bonds. The van der Waals surface area contributed by atoms with Crippen molar-refractivity contribution >= 4 is 32.3 Å². The number of anilines is 1. The zero-order chi connectivity index (χ0) is 17.0. The summed E-state index contributed by atoms with van der Waals surface area (Å²) < 4.78 is 24.4. The van der Waals surface area contributed by atoms with Crippen LogP contribution in [-0.4, -0.2) is 25.1 Å². The van der Waals surface area contributed by atoms with Gasteiger partial charge in [-0.3, -0.25) is 9.78 Å². The molecule has 3 rings (SSSR count). The normalized spacial score (nSPS) is 11.3. The molecule has 0 aliphatic heterocycles. The highest BCUT2D eigenvalue weighted by Gasteiger charge is 2.16. The second-order valence-electron chi connectivity index (χ2n) is 5.31. The Kier molecular flexibility index (Phi) is 4.57. The van der Waals surface area contributed by atoms with Crippen LogP contribution >= 0.6 is 0 Å². The molecule has 3 aromatic rings. The molecule has 0 radical (unpaired) electrons. The van der Waals surface area contributed by atoms with Gasteiger partial charge in [0.15, 0.2) is 9.84 Å². The van der Waals surface area contributed by atoms with Crippen LogP contribution in [0.15, 0.2) is 71.8 Å². The Balaban J connectivity index is 1.70. The smallest absolute Gasteiger partial charge is 0.225 e. The molecule has 5 nitrogen and oxygen atoms in total. The van der Waals surface area contributed by atoms with Gasteiger partial charge in [-0.25, -0.2) is 8.42 Å². The number of benzene rings is 2. The lowest BCUT2D eigenvalue weighted by Crippen LogP contribution is -2.17. The van der Waals surface area contributed by atoms with E-state index in [1.54, 1.807) is 30.5 Å². The van der Waals surface area contributed by atoms with E-state index in [4.69, 9.17) is 0 Å². The van der Waals surface area contributed by atoms with Crippen LogP contribution in [0.3, 0.4) is 0 Å². The SMILES string of the molecule is O=C(CCS(=O)(=O)c1ccccc1)Nc1cccc2cccnc12. The molecule has 24 heavy (non-hydrogen) atoms. The van der Waals surface area contributed by atoms with E-state index < -0.39 is 9.84 Å². The number of rotatable bonds is 5. The van der Waals surface area contributed by atoms with Gasteiger partial charge in [-0.15, -0.1) is 0 Å². The van der Waals surface area contributed by atoms with Gasteiger partial charge in [0, 0.05) is 18.0 Å². The van der Waals surface area contributed by atoms with Gasteiger partial charge in [0.05, 0.1) is 21.9 Å². The van der Waals surface area contributed by atoms with E-state index in [9.17, 15) is 13.2 Å². The number of nitrogens with one attached hydrogen (secondary N) is 1. The molecule has 1 heterocycles. The van der Waals surface area contributed by atoms with Gasteiger partial charge < -0.3 is 5.32 Å². The van der Waals surface area contributed by atoms with Crippen LogP contribution in [0, 0.1) is 0 Å². The topological polar surface area (TPSA) is 76.1 Å². The summed E-state index contributed by atoms with van der Waals surface area (Å²) in [6.07, 6.45) is 1.54. The maximum atomic E-state index is 12.2. The van der Waals surface area contributed by atoms with Gasteiger partial charge in [-0.1, -0.05) is 36.4 Å². The Morgan fingerprint density at radius 3 is 2.50 bits per heavy atom. The molecule has 6 heteroatoms. The average Bonchev–Trinajstić information content (AvgIpc) is 2.61. The average molecular weight is 340 g/mol. The van der Waals surface area contributed by atoms with E-state index in [1.807, 2.05) is 24.3 Å². The molecule has 0 aliphatic carbocycles. The first-order valence-corrected chi connectivity index (χ1v) is 9.13. The molecule has 0 saturated heterocycles. The van der Waals surface area contributed by atoms with Crippen LogP contribution in [0.2, 0.25) is 0 Å². The number of amides is 1. The Morgan fingerprint density at radius 1 is 0.958 bits per heavy atom. The first-order valence-electron chi connectivity index (χ1n) is 7.48. The summed E-state index contributed by atoms with van der Waals surface area (Å²) in [5.41, 5.74) is 1.26. The zero-order valence-electron chi connectivity index (χ0n) is 12.8. The zero-order valence-corrected chi connectivity index (χ0v) is 13.7. The lowest BCUT2D eigenvalue weighted by atomic mass is 10.2. The maximum Gasteiger partial charge on any atom is 0.225 e. The Hall–Kier alpha value is -2.73. The van der Waals surface area contributed by atoms with Crippen molar-refractivity contribution in [2.75, 3.05) is 11.1 Å².